The van der Waals surface area contributed by atoms with E-state index in [4.69, 9.17) is 4.98 Å². The summed E-state index contributed by atoms with van der Waals surface area (Å²) in [4.78, 5) is 29.9. The minimum atomic E-state index is -0.694. The second-order valence-corrected chi connectivity index (χ2v) is 19.1. The van der Waals surface area contributed by atoms with Crippen molar-refractivity contribution in [2.45, 2.75) is 160 Å². The molecule has 0 spiro atoms. The molecule has 2 aromatic rings. The predicted molar refractivity (Wildman–Crippen MR) is 189 cm³/mol. The third-order valence-corrected chi connectivity index (χ3v) is 10.1. The number of carbonyl (C=O) groups is 2. The van der Waals surface area contributed by atoms with E-state index in [-0.39, 0.29) is 55.9 Å². The van der Waals surface area contributed by atoms with Gasteiger partial charge in [-0.1, -0.05) is 135 Å². The van der Waals surface area contributed by atoms with E-state index >= 15 is 0 Å². The Kier molecular flexibility index (Phi) is 10.8. The first-order chi connectivity index (χ1) is 19.5. The molecule has 3 heteroatoms. The molecule has 0 saturated heterocycles. The average molecular weight is 604 g/mol. The molecule has 1 heterocycles. The summed E-state index contributed by atoms with van der Waals surface area (Å²) in [5.74, 6) is -0.409. The molecule has 1 aromatic heterocycles. The van der Waals surface area contributed by atoms with E-state index < -0.39 is 5.92 Å². The highest BCUT2D eigenvalue weighted by atomic mass is 16.1. The summed E-state index contributed by atoms with van der Waals surface area (Å²) in [5, 5.41) is 0. The molecule has 0 aliphatic rings. The van der Waals surface area contributed by atoms with Crippen LogP contribution in [0.1, 0.15) is 177 Å². The van der Waals surface area contributed by atoms with E-state index in [0.717, 1.165) is 23.4 Å². The van der Waals surface area contributed by atoms with Crippen LogP contribution in [0.4, 0.5) is 0 Å². The lowest BCUT2D eigenvalue weighted by molar-refractivity contribution is -0.126. The zero-order valence-corrected chi connectivity index (χ0v) is 31.7. The van der Waals surface area contributed by atoms with Crippen LogP contribution in [0.5, 0.6) is 0 Å². The highest BCUT2D eigenvalue weighted by Gasteiger charge is 2.52. The topological polar surface area (TPSA) is 47.0 Å². The molecule has 0 bridgehead atoms. The van der Waals surface area contributed by atoms with Crippen molar-refractivity contribution in [2.75, 3.05) is 0 Å². The number of carbonyl (C=O) groups excluding carboxylic acids is 2. The van der Waals surface area contributed by atoms with Gasteiger partial charge < -0.3 is 0 Å². The largest absolute Gasteiger partial charge is 0.299 e. The van der Waals surface area contributed by atoms with Crippen molar-refractivity contribution in [3.8, 4) is 0 Å². The number of hydrogen-bond donors (Lipinski definition) is 0. The predicted octanol–water partition coefficient (Wildman–Crippen LogP) is 11.3. The SMILES string of the molecule is CC(=O)C(C(C)=O)c1ccc(C(CC(C)(C)C)C(C)(C)C(C)(C)C(c2cc(C(C)(C)C)nc(C(C)(C)C)c2)C(C)(C)C)cc1. The van der Waals surface area contributed by atoms with Crippen molar-refractivity contribution in [2.24, 2.45) is 21.7 Å². The van der Waals surface area contributed by atoms with Crippen LogP contribution in [0.15, 0.2) is 36.4 Å². The van der Waals surface area contributed by atoms with Gasteiger partial charge in [0.1, 0.15) is 17.5 Å². The van der Waals surface area contributed by atoms with Gasteiger partial charge in [-0.25, -0.2) is 0 Å². The molecule has 246 valence electrons. The van der Waals surface area contributed by atoms with Crippen LogP contribution in [0.3, 0.4) is 0 Å². The molecule has 0 aliphatic heterocycles. The zero-order chi connectivity index (χ0) is 34.4. The first kappa shape index (κ1) is 37.9. The summed E-state index contributed by atoms with van der Waals surface area (Å²) < 4.78 is 0. The van der Waals surface area contributed by atoms with Crippen molar-refractivity contribution in [3.05, 3.63) is 64.5 Å². The van der Waals surface area contributed by atoms with E-state index in [9.17, 15) is 9.59 Å². The number of pyridine rings is 1. The minimum Gasteiger partial charge on any atom is -0.299 e. The Morgan fingerprint density at radius 1 is 0.591 bits per heavy atom. The fraction of sp³-hybridized carbons (Fsp3) is 0.683. The van der Waals surface area contributed by atoms with E-state index in [1.165, 1.54) is 25.0 Å². The molecular formula is C41H65NO2. The van der Waals surface area contributed by atoms with E-state index in [2.05, 4.69) is 135 Å². The summed E-state index contributed by atoms with van der Waals surface area (Å²) in [6, 6.07) is 13.2. The van der Waals surface area contributed by atoms with Crippen LogP contribution >= 0.6 is 0 Å². The van der Waals surface area contributed by atoms with Gasteiger partial charge in [0.25, 0.3) is 0 Å². The quantitative estimate of drug-likeness (QED) is 0.268. The molecule has 44 heavy (non-hydrogen) atoms. The maximum Gasteiger partial charge on any atom is 0.144 e. The summed E-state index contributed by atoms with van der Waals surface area (Å²) in [6.07, 6.45) is 1.01. The van der Waals surface area contributed by atoms with Crippen LogP contribution in [0.2, 0.25) is 0 Å². The van der Waals surface area contributed by atoms with E-state index in [1.54, 1.807) is 0 Å². The van der Waals surface area contributed by atoms with Crippen LogP contribution in [0, 0.1) is 21.7 Å². The Balaban J connectivity index is 2.85. The van der Waals surface area contributed by atoms with Crippen LogP contribution < -0.4 is 0 Å². The summed E-state index contributed by atoms with van der Waals surface area (Å²) in [6.45, 7) is 40.6. The van der Waals surface area contributed by atoms with Gasteiger partial charge in [-0.05, 0) is 82.6 Å². The highest BCUT2D eigenvalue weighted by molar-refractivity contribution is 6.05. The first-order valence-electron chi connectivity index (χ1n) is 16.7. The molecule has 1 aromatic carbocycles. The monoisotopic (exact) mass is 604 g/mol. The smallest absolute Gasteiger partial charge is 0.144 e. The molecule has 2 unspecified atom stereocenters. The van der Waals surface area contributed by atoms with Gasteiger partial charge in [0.15, 0.2) is 0 Å². The molecule has 0 saturated carbocycles. The summed E-state index contributed by atoms with van der Waals surface area (Å²) in [7, 11) is 0. The van der Waals surface area contributed by atoms with Crippen molar-refractivity contribution in [3.63, 3.8) is 0 Å². The van der Waals surface area contributed by atoms with Gasteiger partial charge >= 0.3 is 0 Å². The third-order valence-electron chi connectivity index (χ3n) is 10.1. The van der Waals surface area contributed by atoms with Gasteiger partial charge in [0.05, 0.1) is 0 Å². The fourth-order valence-electron chi connectivity index (χ4n) is 7.39. The van der Waals surface area contributed by atoms with Crippen LogP contribution in [-0.2, 0) is 20.4 Å². The molecule has 0 radical (unpaired) electrons. The molecule has 2 atom stereocenters. The fourth-order valence-corrected chi connectivity index (χ4v) is 7.39. The van der Waals surface area contributed by atoms with Crippen molar-refractivity contribution in [1.82, 2.24) is 4.98 Å². The molecule has 2 rings (SSSR count). The van der Waals surface area contributed by atoms with Crippen LogP contribution in [0.25, 0.3) is 0 Å². The first-order valence-corrected chi connectivity index (χ1v) is 16.7. The zero-order valence-electron chi connectivity index (χ0n) is 31.7. The molecule has 0 N–H and O–H groups in total. The number of hydrogen-bond acceptors (Lipinski definition) is 3. The minimum absolute atomic E-state index is 0.0151. The summed E-state index contributed by atoms with van der Waals surface area (Å²) in [5.41, 5.74) is 5.42. The van der Waals surface area contributed by atoms with Gasteiger partial charge in [-0.15, -0.1) is 0 Å². The van der Waals surface area contributed by atoms with Gasteiger partial charge in [0.2, 0.25) is 0 Å². The second kappa shape index (κ2) is 12.5. The summed E-state index contributed by atoms with van der Waals surface area (Å²) >= 11 is 0. The normalized spacial score (nSPS) is 15.3. The Labute approximate surface area is 271 Å². The van der Waals surface area contributed by atoms with Crippen molar-refractivity contribution >= 4 is 11.6 Å². The number of benzene rings is 1. The van der Waals surface area contributed by atoms with Crippen molar-refractivity contribution < 1.29 is 9.59 Å². The molecule has 0 amide bonds. The van der Waals surface area contributed by atoms with Crippen molar-refractivity contribution in [1.29, 1.82) is 0 Å². The van der Waals surface area contributed by atoms with E-state index in [1.807, 2.05) is 12.1 Å². The maximum atomic E-state index is 12.3. The molecule has 3 nitrogen and oxygen atoms in total. The third kappa shape index (κ3) is 8.49. The Bertz CT molecular complexity index is 1270. The molecule has 0 aliphatic carbocycles. The van der Waals surface area contributed by atoms with Gasteiger partial charge in [-0.2, -0.15) is 0 Å². The Morgan fingerprint density at radius 3 is 1.30 bits per heavy atom. The lowest BCUT2D eigenvalue weighted by Gasteiger charge is -2.56. The number of aromatic nitrogens is 1. The van der Waals surface area contributed by atoms with Gasteiger partial charge in [0, 0.05) is 22.2 Å². The number of rotatable bonds is 9. The Morgan fingerprint density at radius 2 is 0.977 bits per heavy atom. The highest BCUT2D eigenvalue weighted by Crippen LogP contribution is 2.62. The lowest BCUT2D eigenvalue weighted by Crippen LogP contribution is -2.47. The van der Waals surface area contributed by atoms with E-state index in [0.29, 0.717) is 0 Å². The molecule has 0 fully saturated rings. The molecular weight excluding hydrogens is 538 g/mol. The van der Waals surface area contributed by atoms with Crippen LogP contribution in [-0.4, -0.2) is 16.6 Å². The van der Waals surface area contributed by atoms with Gasteiger partial charge in [-0.3, -0.25) is 14.6 Å². The lowest BCUT2D eigenvalue weighted by atomic mass is 9.48. The standard InChI is InChI=1S/C41H65NO2/c1-26(43)34(27(2)44)29-21-19-28(20-22-29)31(25-36(3,4)5)40(15,16)41(17,18)35(39(12,13)14)30-23-32(37(6,7)8)42-33(24-30)38(9,10)11/h19-24,31,34-35H,25H2,1-18H3. The average Bonchev–Trinajstić information content (AvgIpc) is 2.79. The maximum absolute atomic E-state index is 12.3. The Hall–Kier alpha value is -2.29. The number of nitrogens with zero attached hydrogens (tertiary/aromatic N) is 1. The number of ketones is 2. The second-order valence-electron chi connectivity index (χ2n) is 19.1. The number of Topliss-reactive ketones (excluding diaryl/α,β-unsaturated/α-hetero) is 2.